The molecule has 0 unspecified atom stereocenters. The van der Waals surface area contributed by atoms with Gasteiger partial charge in [-0.05, 0) is 19.1 Å². The fourth-order valence-electron chi connectivity index (χ4n) is 2.04. The lowest BCUT2D eigenvalue weighted by atomic mass is 10.2. The standard InChI is InChI=1S/C14H14N4O4S/c1-2-22-14(21)10-9(12(16)23)11(15)18(17-10)8-6-4-3-5-7(8)13(19)20/h3-6H,2,15H2,1H3,(H2,16,23)(H,19,20). The molecule has 2 rings (SSSR count). The summed E-state index contributed by atoms with van der Waals surface area (Å²) in [4.78, 5) is 23.2. The number of hydrogen-bond donors (Lipinski definition) is 3. The summed E-state index contributed by atoms with van der Waals surface area (Å²) in [7, 11) is 0. The summed E-state index contributed by atoms with van der Waals surface area (Å²) in [5, 5.41) is 13.3. The van der Waals surface area contributed by atoms with Gasteiger partial charge in [0.05, 0.1) is 23.4 Å². The number of aromatic carboxylic acids is 1. The van der Waals surface area contributed by atoms with Gasteiger partial charge in [0.25, 0.3) is 0 Å². The number of carbonyl (C=O) groups excluding carboxylic acids is 1. The van der Waals surface area contributed by atoms with E-state index in [1.54, 1.807) is 19.1 Å². The number of carbonyl (C=O) groups is 2. The first-order valence-corrected chi connectivity index (χ1v) is 6.97. The van der Waals surface area contributed by atoms with Gasteiger partial charge in [0.2, 0.25) is 0 Å². The Morgan fingerprint density at radius 1 is 1.39 bits per heavy atom. The van der Waals surface area contributed by atoms with Gasteiger partial charge in [0.1, 0.15) is 10.8 Å². The number of anilines is 1. The van der Waals surface area contributed by atoms with Crippen molar-refractivity contribution >= 4 is 35.0 Å². The third-order valence-corrected chi connectivity index (χ3v) is 3.20. The van der Waals surface area contributed by atoms with E-state index in [0.717, 1.165) is 4.68 Å². The molecule has 0 bridgehead atoms. The molecule has 1 aromatic carbocycles. The Morgan fingerprint density at radius 2 is 2.04 bits per heavy atom. The van der Waals surface area contributed by atoms with Crippen molar-refractivity contribution in [1.82, 2.24) is 9.78 Å². The van der Waals surface area contributed by atoms with Crippen LogP contribution in [0.5, 0.6) is 0 Å². The number of esters is 1. The Morgan fingerprint density at radius 3 is 2.61 bits per heavy atom. The molecule has 1 heterocycles. The number of thiocarbonyl (C=S) groups is 1. The molecule has 0 amide bonds. The van der Waals surface area contributed by atoms with Crippen LogP contribution < -0.4 is 11.5 Å². The van der Waals surface area contributed by atoms with Gasteiger partial charge in [0.15, 0.2) is 5.69 Å². The summed E-state index contributed by atoms with van der Waals surface area (Å²) in [6.45, 7) is 1.77. The van der Waals surface area contributed by atoms with Crippen LogP contribution in [0.3, 0.4) is 0 Å². The summed E-state index contributed by atoms with van der Waals surface area (Å²) in [5.74, 6) is -1.94. The van der Waals surface area contributed by atoms with E-state index in [4.69, 9.17) is 28.4 Å². The average Bonchev–Trinajstić information content (AvgIpc) is 2.85. The molecule has 0 saturated heterocycles. The Hall–Kier alpha value is -2.94. The van der Waals surface area contributed by atoms with Gasteiger partial charge < -0.3 is 21.3 Å². The number of nitrogens with two attached hydrogens (primary N) is 2. The number of carboxylic acid groups (broad SMARTS) is 1. The largest absolute Gasteiger partial charge is 0.478 e. The van der Waals surface area contributed by atoms with E-state index in [1.807, 2.05) is 0 Å². The highest BCUT2D eigenvalue weighted by molar-refractivity contribution is 7.80. The number of hydrogen-bond acceptors (Lipinski definition) is 6. The molecular formula is C14H14N4O4S. The van der Waals surface area contributed by atoms with Crippen LogP contribution in [0.15, 0.2) is 24.3 Å². The van der Waals surface area contributed by atoms with Gasteiger partial charge in [-0.2, -0.15) is 5.10 Å². The summed E-state index contributed by atoms with van der Waals surface area (Å²) < 4.78 is 6.01. The molecule has 0 fully saturated rings. The van der Waals surface area contributed by atoms with E-state index in [9.17, 15) is 14.7 Å². The molecule has 0 aliphatic carbocycles. The van der Waals surface area contributed by atoms with Gasteiger partial charge in [-0.25, -0.2) is 14.3 Å². The van der Waals surface area contributed by atoms with E-state index < -0.39 is 11.9 Å². The maximum Gasteiger partial charge on any atom is 0.359 e. The van der Waals surface area contributed by atoms with Gasteiger partial charge >= 0.3 is 11.9 Å². The fraction of sp³-hybridized carbons (Fsp3) is 0.143. The van der Waals surface area contributed by atoms with Crippen LogP contribution in [0.25, 0.3) is 5.69 Å². The SMILES string of the molecule is CCOC(=O)c1nn(-c2ccccc2C(=O)O)c(N)c1C(N)=S. The van der Waals surface area contributed by atoms with Crippen molar-refractivity contribution in [3.63, 3.8) is 0 Å². The molecule has 9 heteroatoms. The second kappa shape index (κ2) is 6.44. The molecule has 0 atom stereocenters. The fourth-order valence-corrected chi connectivity index (χ4v) is 2.24. The number of rotatable bonds is 5. The van der Waals surface area contributed by atoms with Gasteiger partial charge in [-0.1, -0.05) is 24.4 Å². The molecule has 2 aromatic rings. The molecular weight excluding hydrogens is 320 g/mol. The second-order valence-electron chi connectivity index (χ2n) is 4.43. The summed E-state index contributed by atoms with van der Waals surface area (Å²) >= 11 is 4.91. The monoisotopic (exact) mass is 334 g/mol. The highest BCUT2D eigenvalue weighted by atomic mass is 32.1. The van der Waals surface area contributed by atoms with Crippen LogP contribution in [0.1, 0.15) is 33.3 Å². The number of ether oxygens (including phenoxy) is 1. The summed E-state index contributed by atoms with van der Waals surface area (Å²) in [6.07, 6.45) is 0. The third-order valence-electron chi connectivity index (χ3n) is 3.00. The Labute approximate surface area is 136 Å². The molecule has 0 aliphatic rings. The topological polar surface area (TPSA) is 133 Å². The second-order valence-corrected chi connectivity index (χ2v) is 4.87. The van der Waals surface area contributed by atoms with Crippen molar-refractivity contribution in [3.05, 3.63) is 41.1 Å². The van der Waals surface area contributed by atoms with E-state index in [0.29, 0.717) is 0 Å². The first-order chi connectivity index (χ1) is 10.9. The minimum Gasteiger partial charge on any atom is -0.478 e. The molecule has 23 heavy (non-hydrogen) atoms. The zero-order chi connectivity index (χ0) is 17.1. The van der Waals surface area contributed by atoms with Crippen molar-refractivity contribution in [1.29, 1.82) is 0 Å². The van der Waals surface area contributed by atoms with Gasteiger partial charge in [-0.15, -0.1) is 0 Å². The number of aromatic nitrogens is 2. The average molecular weight is 334 g/mol. The maximum atomic E-state index is 12.0. The molecule has 120 valence electrons. The molecule has 0 saturated carbocycles. The van der Waals surface area contributed by atoms with Crippen molar-refractivity contribution in [2.45, 2.75) is 6.92 Å². The van der Waals surface area contributed by atoms with E-state index in [-0.39, 0.29) is 39.9 Å². The summed E-state index contributed by atoms with van der Waals surface area (Å²) in [5.41, 5.74) is 11.6. The predicted octanol–water partition coefficient (Wildman–Crippen LogP) is 0.964. The van der Waals surface area contributed by atoms with Crippen LogP contribution in [0.2, 0.25) is 0 Å². The minimum atomic E-state index is -1.16. The van der Waals surface area contributed by atoms with E-state index >= 15 is 0 Å². The number of benzene rings is 1. The van der Waals surface area contributed by atoms with Crippen LogP contribution in [0.4, 0.5) is 5.82 Å². The zero-order valence-corrected chi connectivity index (χ0v) is 13.0. The van der Waals surface area contributed by atoms with Crippen molar-refractivity contribution in [2.24, 2.45) is 5.73 Å². The van der Waals surface area contributed by atoms with Crippen LogP contribution in [-0.4, -0.2) is 38.4 Å². The first-order valence-electron chi connectivity index (χ1n) is 6.56. The van der Waals surface area contributed by atoms with Crippen molar-refractivity contribution in [3.8, 4) is 5.69 Å². The molecule has 5 N–H and O–H groups in total. The lowest BCUT2D eigenvalue weighted by Gasteiger charge is -2.07. The first kappa shape index (κ1) is 16.4. The molecule has 0 radical (unpaired) electrons. The van der Waals surface area contributed by atoms with Crippen LogP contribution in [-0.2, 0) is 4.74 Å². The van der Waals surface area contributed by atoms with Crippen LogP contribution >= 0.6 is 12.2 Å². The van der Waals surface area contributed by atoms with Gasteiger partial charge in [0, 0.05) is 0 Å². The number of nitrogens with zero attached hydrogens (tertiary/aromatic N) is 2. The number of para-hydroxylation sites is 1. The highest BCUT2D eigenvalue weighted by Gasteiger charge is 2.26. The third kappa shape index (κ3) is 2.99. The van der Waals surface area contributed by atoms with E-state index in [1.165, 1.54) is 12.1 Å². The highest BCUT2D eigenvalue weighted by Crippen LogP contribution is 2.24. The Bertz CT molecular complexity index is 800. The van der Waals surface area contributed by atoms with Crippen molar-refractivity contribution < 1.29 is 19.4 Å². The normalized spacial score (nSPS) is 10.3. The molecule has 0 spiro atoms. The Balaban J connectivity index is 2.71. The zero-order valence-electron chi connectivity index (χ0n) is 12.1. The lowest BCUT2D eigenvalue weighted by molar-refractivity contribution is 0.0518. The predicted molar refractivity (Wildman–Crippen MR) is 86.8 cm³/mol. The van der Waals surface area contributed by atoms with Crippen LogP contribution in [0, 0.1) is 0 Å². The molecule has 1 aromatic heterocycles. The molecule has 0 aliphatic heterocycles. The smallest absolute Gasteiger partial charge is 0.359 e. The minimum absolute atomic E-state index is 0.0331. The van der Waals surface area contributed by atoms with E-state index in [2.05, 4.69) is 5.10 Å². The Kier molecular flexibility index (Phi) is 4.60. The lowest BCUT2D eigenvalue weighted by Crippen LogP contribution is -2.17. The molecule has 8 nitrogen and oxygen atoms in total. The number of carboxylic acids is 1. The quantitative estimate of drug-likeness (QED) is 0.544. The van der Waals surface area contributed by atoms with Gasteiger partial charge in [-0.3, -0.25) is 0 Å². The van der Waals surface area contributed by atoms with Crippen molar-refractivity contribution in [2.75, 3.05) is 12.3 Å². The number of nitrogen functional groups attached to an aromatic ring is 1. The summed E-state index contributed by atoms with van der Waals surface area (Å²) in [6, 6.07) is 6.08. The maximum absolute atomic E-state index is 12.0.